The molecule has 0 spiro atoms. The Kier molecular flexibility index (Phi) is 5.12. The van der Waals surface area contributed by atoms with Gasteiger partial charge in [0.25, 0.3) is 0 Å². The average Bonchev–Trinajstić information content (AvgIpc) is 2.37. The van der Waals surface area contributed by atoms with Gasteiger partial charge in [0, 0.05) is 22.3 Å². The fraction of sp³-hybridized carbons (Fsp3) is 0.500. The molecule has 6 heteroatoms. The van der Waals surface area contributed by atoms with Crippen LogP contribution in [0.3, 0.4) is 0 Å². The van der Waals surface area contributed by atoms with Crippen LogP contribution in [0.15, 0.2) is 24.3 Å². The second kappa shape index (κ2) is 6.54. The molecule has 1 aromatic carbocycles. The van der Waals surface area contributed by atoms with Crippen molar-refractivity contribution in [3.8, 4) is 0 Å². The Morgan fingerprint density at radius 1 is 0.818 bits per heavy atom. The molecule has 120 valence electrons. The van der Waals surface area contributed by atoms with E-state index in [0.29, 0.717) is 24.2 Å². The SMILES string of the molecule is CC1(C)CC(=O)Nc2ccccc2NC(=O)CC(C)(C)SS1. The molecule has 0 fully saturated rings. The Balaban J connectivity index is 2.32. The molecule has 1 aliphatic heterocycles. The van der Waals surface area contributed by atoms with Crippen molar-refractivity contribution in [2.45, 2.75) is 50.0 Å². The number of benzene rings is 1. The zero-order valence-corrected chi connectivity index (χ0v) is 15.0. The van der Waals surface area contributed by atoms with Crippen LogP contribution in [0.25, 0.3) is 0 Å². The van der Waals surface area contributed by atoms with E-state index in [1.807, 2.05) is 12.1 Å². The first-order valence-electron chi connectivity index (χ1n) is 7.22. The van der Waals surface area contributed by atoms with E-state index in [-0.39, 0.29) is 21.3 Å². The molecule has 1 heterocycles. The normalized spacial score (nSPS) is 21.6. The number of rotatable bonds is 0. The van der Waals surface area contributed by atoms with Crippen LogP contribution in [0, 0.1) is 0 Å². The minimum Gasteiger partial charge on any atom is -0.324 e. The van der Waals surface area contributed by atoms with Crippen molar-refractivity contribution in [1.29, 1.82) is 0 Å². The highest BCUT2D eigenvalue weighted by Gasteiger charge is 2.30. The lowest BCUT2D eigenvalue weighted by molar-refractivity contribution is -0.117. The van der Waals surface area contributed by atoms with Gasteiger partial charge >= 0.3 is 0 Å². The van der Waals surface area contributed by atoms with Gasteiger partial charge in [-0.1, -0.05) is 33.7 Å². The van der Waals surface area contributed by atoms with Crippen LogP contribution in [0.1, 0.15) is 40.5 Å². The van der Waals surface area contributed by atoms with Gasteiger partial charge in [-0.05, 0) is 39.8 Å². The molecular weight excluding hydrogens is 316 g/mol. The van der Waals surface area contributed by atoms with Gasteiger partial charge < -0.3 is 10.6 Å². The van der Waals surface area contributed by atoms with Gasteiger partial charge in [0.1, 0.15) is 0 Å². The summed E-state index contributed by atoms with van der Waals surface area (Å²) in [5.41, 5.74) is 1.29. The van der Waals surface area contributed by atoms with Gasteiger partial charge in [0.05, 0.1) is 11.4 Å². The molecule has 0 saturated carbocycles. The quantitative estimate of drug-likeness (QED) is 0.693. The van der Waals surface area contributed by atoms with E-state index in [2.05, 4.69) is 38.3 Å². The summed E-state index contributed by atoms with van der Waals surface area (Å²) >= 11 is 0. The third-order valence-corrected chi connectivity index (χ3v) is 7.37. The fourth-order valence-electron chi connectivity index (χ4n) is 2.15. The maximum Gasteiger partial charge on any atom is 0.225 e. The van der Waals surface area contributed by atoms with Crippen molar-refractivity contribution in [2.24, 2.45) is 0 Å². The standard InChI is InChI=1S/C16H22N2O2S2/c1-15(2)9-13(19)17-11-7-5-6-8-12(11)18-14(20)10-16(3,4)22-21-15/h5-8H,9-10H2,1-4H3,(H,17,19)(H,18,20). The van der Waals surface area contributed by atoms with Crippen LogP contribution in [0.5, 0.6) is 0 Å². The Bertz CT molecular complexity index is 534. The van der Waals surface area contributed by atoms with Crippen molar-refractivity contribution in [3.63, 3.8) is 0 Å². The lowest BCUT2D eigenvalue weighted by Gasteiger charge is -2.30. The van der Waals surface area contributed by atoms with Crippen molar-refractivity contribution in [1.82, 2.24) is 0 Å². The van der Waals surface area contributed by atoms with E-state index in [0.717, 1.165) is 0 Å². The topological polar surface area (TPSA) is 58.2 Å². The molecule has 1 aromatic rings. The predicted octanol–water partition coefficient (Wildman–Crippen LogP) is 4.30. The average molecular weight is 338 g/mol. The molecule has 0 saturated heterocycles. The summed E-state index contributed by atoms with van der Waals surface area (Å²) in [6, 6.07) is 7.30. The lowest BCUT2D eigenvalue weighted by Crippen LogP contribution is -2.29. The number of carbonyl (C=O) groups excluding carboxylic acids is 2. The zero-order chi connectivity index (χ0) is 16.4. The summed E-state index contributed by atoms with van der Waals surface area (Å²) in [6.45, 7) is 8.21. The van der Waals surface area contributed by atoms with Crippen molar-refractivity contribution >= 4 is 44.8 Å². The number of para-hydroxylation sites is 2. The number of anilines is 2. The molecule has 2 N–H and O–H groups in total. The third kappa shape index (κ3) is 4.95. The van der Waals surface area contributed by atoms with Gasteiger partial charge in [-0.15, -0.1) is 0 Å². The van der Waals surface area contributed by atoms with Crippen LogP contribution in [-0.2, 0) is 9.59 Å². The smallest absolute Gasteiger partial charge is 0.225 e. The van der Waals surface area contributed by atoms with Crippen molar-refractivity contribution < 1.29 is 9.59 Å². The van der Waals surface area contributed by atoms with Gasteiger partial charge in [0.2, 0.25) is 11.8 Å². The van der Waals surface area contributed by atoms with E-state index in [4.69, 9.17) is 0 Å². The molecule has 0 aromatic heterocycles. The summed E-state index contributed by atoms with van der Waals surface area (Å²) in [6.07, 6.45) is 0.839. The predicted molar refractivity (Wildman–Crippen MR) is 96.3 cm³/mol. The molecule has 2 rings (SSSR count). The van der Waals surface area contributed by atoms with E-state index in [1.165, 1.54) is 0 Å². The summed E-state index contributed by atoms with van der Waals surface area (Å²) in [7, 11) is 3.33. The van der Waals surface area contributed by atoms with Crippen LogP contribution >= 0.6 is 21.6 Å². The van der Waals surface area contributed by atoms with Crippen molar-refractivity contribution in [3.05, 3.63) is 24.3 Å². The van der Waals surface area contributed by atoms with Gasteiger partial charge in [-0.3, -0.25) is 9.59 Å². The first-order chi connectivity index (χ1) is 10.2. The third-order valence-electron chi connectivity index (χ3n) is 3.14. The number of nitrogens with one attached hydrogen (secondary N) is 2. The first-order valence-corrected chi connectivity index (χ1v) is 9.37. The van der Waals surface area contributed by atoms with E-state index < -0.39 is 0 Å². The second-order valence-corrected chi connectivity index (χ2v) is 10.2. The molecule has 0 atom stereocenters. The minimum absolute atomic E-state index is 0.0434. The molecule has 22 heavy (non-hydrogen) atoms. The van der Waals surface area contributed by atoms with Gasteiger partial charge in [-0.25, -0.2) is 0 Å². The number of amides is 2. The van der Waals surface area contributed by atoms with Gasteiger partial charge in [0.15, 0.2) is 0 Å². The number of hydrogen-bond acceptors (Lipinski definition) is 4. The Morgan fingerprint density at radius 2 is 1.18 bits per heavy atom. The number of carbonyl (C=O) groups is 2. The lowest BCUT2D eigenvalue weighted by atomic mass is 10.1. The zero-order valence-electron chi connectivity index (χ0n) is 13.4. The molecule has 0 radical (unpaired) electrons. The maximum absolute atomic E-state index is 12.3. The summed E-state index contributed by atoms with van der Waals surface area (Å²) in [5, 5.41) is 5.80. The van der Waals surface area contributed by atoms with Crippen LogP contribution in [0.4, 0.5) is 11.4 Å². The van der Waals surface area contributed by atoms with Crippen LogP contribution < -0.4 is 10.6 Å². The Labute approximate surface area is 139 Å². The van der Waals surface area contributed by atoms with Gasteiger partial charge in [-0.2, -0.15) is 0 Å². The fourth-order valence-corrected chi connectivity index (χ4v) is 4.69. The molecule has 4 nitrogen and oxygen atoms in total. The van der Waals surface area contributed by atoms with Crippen LogP contribution in [0.2, 0.25) is 0 Å². The second-order valence-electron chi connectivity index (χ2n) is 6.68. The Hall–Kier alpha value is -1.14. The number of fused-ring (bicyclic) bond motifs is 1. The summed E-state index contributed by atoms with van der Waals surface area (Å²) in [5.74, 6) is -0.0867. The maximum atomic E-state index is 12.3. The molecule has 0 bridgehead atoms. The first kappa shape index (κ1) is 17.2. The highest BCUT2D eigenvalue weighted by atomic mass is 33.1. The molecule has 0 aliphatic carbocycles. The van der Waals surface area contributed by atoms with E-state index in [1.54, 1.807) is 33.7 Å². The van der Waals surface area contributed by atoms with Crippen LogP contribution in [-0.4, -0.2) is 21.3 Å². The summed E-state index contributed by atoms with van der Waals surface area (Å²) < 4.78 is -0.396. The van der Waals surface area contributed by atoms with E-state index >= 15 is 0 Å². The molecule has 1 aliphatic rings. The molecule has 0 unspecified atom stereocenters. The molecule has 2 amide bonds. The highest BCUT2D eigenvalue weighted by molar-refractivity contribution is 8.77. The van der Waals surface area contributed by atoms with Crippen molar-refractivity contribution in [2.75, 3.05) is 10.6 Å². The minimum atomic E-state index is -0.198. The van der Waals surface area contributed by atoms with E-state index in [9.17, 15) is 9.59 Å². The molecular formula is C16H22N2O2S2. The summed E-state index contributed by atoms with van der Waals surface area (Å²) in [4.78, 5) is 24.5. The largest absolute Gasteiger partial charge is 0.324 e. The number of hydrogen-bond donors (Lipinski definition) is 2. The highest BCUT2D eigenvalue weighted by Crippen LogP contribution is 2.46. The monoisotopic (exact) mass is 338 g/mol. The Morgan fingerprint density at radius 3 is 1.55 bits per heavy atom.